The minimum Gasteiger partial charge on any atom is -0.355 e. The Bertz CT molecular complexity index is 374. The molecule has 2 fully saturated rings. The summed E-state index contributed by atoms with van der Waals surface area (Å²) in [5.74, 6) is 2.73. The zero-order chi connectivity index (χ0) is 17.4. The second-order valence-corrected chi connectivity index (χ2v) is 8.00. The molecule has 0 atom stereocenters. The van der Waals surface area contributed by atoms with Gasteiger partial charge in [0.1, 0.15) is 0 Å². The average molecular weight is 338 g/mol. The van der Waals surface area contributed by atoms with Crippen LogP contribution in [0.4, 0.5) is 0 Å². The predicted octanol–water partition coefficient (Wildman–Crippen LogP) is 2.00. The molecule has 0 aromatic rings. The Morgan fingerprint density at radius 2 is 1.83 bits per heavy atom. The van der Waals surface area contributed by atoms with Crippen molar-refractivity contribution in [3.8, 4) is 0 Å². The van der Waals surface area contributed by atoms with Gasteiger partial charge in [0.2, 0.25) is 0 Å². The molecule has 24 heavy (non-hydrogen) atoms. The summed E-state index contributed by atoms with van der Waals surface area (Å²) in [6, 6.07) is 0.595. The smallest absolute Gasteiger partial charge is 0.191 e. The van der Waals surface area contributed by atoms with E-state index in [-0.39, 0.29) is 0 Å². The van der Waals surface area contributed by atoms with E-state index < -0.39 is 0 Å². The molecule has 1 saturated carbocycles. The van der Waals surface area contributed by atoms with Gasteiger partial charge in [-0.1, -0.05) is 13.8 Å². The van der Waals surface area contributed by atoms with Crippen molar-refractivity contribution in [2.75, 3.05) is 53.4 Å². The van der Waals surface area contributed by atoms with E-state index in [1.807, 2.05) is 7.05 Å². The first kappa shape index (κ1) is 19.5. The molecule has 2 rings (SSSR count). The van der Waals surface area contributed by atoms with E-state index >= 15 is 0 Å². The van der Waals surface area contributed by atoms with Crippen molar-refractivity contribution in [2.45, 2.75) is 52.0 Å². The van der Waals surface area contributed by atoms with Crippen LogP contribution in [0.5, 0.6) is 0 Å². The highest BCUT2D eigenvalue weighted by Gasteiger charge is 2.23. The summed E-state index contributed by atoms with van der Waals surface area (Å²) in [5.41, 5.74) is 0. The summed E-state index contributed by atoms with van der Waals surface area (Å²) in [5, 5.41) is 7.15. The van der Waals surface area contributed by atoms with E-state index in [9.17, 15) is 0 Å². The molecule has 0 unspecified atom stereocenters. The van der Waals surface area contributed by atoms with Crippen molar-refractivity contribution in [2.24, 2.45) is 16.8 Å². The molecule has 1 saturated heterocycles. The summed E-state index contributed by atoms with van der Waals surface area (Å²) < 4.78 is 0. The minimum atomic E-state index is 0.595. The van der Waals surface area contributed by atoms with Crippen molar-refractivity contribution in [1.29, 1.82) is 0 Å². The van der Waals surface area contributed by atoms with E-state index in [2.05, 4.69) is 46.3 Å². The first-order valence-corrected chi connectivity index (χ1v) is 9.96. The number of nitrogens with zero attached hydrogens (tertiary/aromatic N) is 3. The summed E-state index contributed by atoms with van der Waals surface area (Å²) in [4.78, 5) is 9.42. The maximum atomic E-state index is 4.42. The SMILES string of the molecule is CN=C(NCCN1CCCN(C)CC1)NC1CCC(C(C)C)CC1. The van der Waals surface area contributed by atoms with Crippen LogP contribution in [0.25, 0.3) is 0 Å². The van der Waals surface area contributed by atoms with Crippen LogP contribution in [0.1, 0.15) is 46.0 Å². The zero-order valence-electron chi connectivity index (χ0n) is 16.4. The Kier molecular flexibility index (Phi) is 8.33. The number of guanidine groups is 1. The topological polar surface area (TPSA) is 42.9 Å². The first-order chi connectivity index (χ1) is 11.6. The Labute approximate surface area is 149 Å². The van der Waals surface area contributed by atoms with E-state index in [4.69, 9.17) is 0 Å². The molecular weight excluding hydrogens is 298 g/mol. The fraction of sp³-hybridized carbons (Fsp3) is 0.947. The monoisotopic (exact) mass is 337 g/mol. The molecule has 1 heterocycles. The van der Waals surface area contributed by atoms with Gasteiger partial charge in [-0.3, -0.25) is 4.99 Å². The first-order valence-electron chi connectivity index (χ1n) is 9.96. The van der Waals surface area contributed by atoms with Gasteiger partial charge in [-0.25, -0.2) is 0 Å². The third-order valence-corrected chi connectivity index (χ3v) is 5.81. The number of rotatable bonds is 5. The maximum absolute atomic E-state index is 4.42. The van der Waals surface area contributed by atoms with Gasteiger partial charge < -0.3 is 20.4 Å². The Balaban J connectivity index is 1.64. The molecule has 0 radical (unpaired) electrons. The molecule has 1 aliphatic carbocycles. The highest BCUT2D eigenvalue weighted by atomic mass is 15.2. The molecule has 5 heteroatoms. The minimum absolute atomic E-state index is 0.595. The third-order valence-electron chi connectivity index (χ3n) is 5.81. The number of nitrogens with one attached hydrogen (secondary N) is 2. The summed E-state index contributed by atoms with van der Waals surface area (Å²) in [6.45, 7) is 11.6. The van der Waals surface area contributed by atoms with Gasteiger partial charge in [0.05, 0.1) is 0 Å². The van der Waals surface area contributed by atoms with Crippen molar-refractivity contribution in [3.63, 3.8) is 0 Å². The van der Waals surface area contributed by atoms with Crippen LogP contribution in [0, 0.1) is 11.8 Å². The van der Waals surface area contributed by atoms with Gasteiger partial charge in [-0.05, 0) is 64.1 Å². The number of aliphatic imine (C=N–C) groups is 1. The average Bonchev–Trinajstić information content (AvgIpc) is 2.79. The predicted molar refractivity (Wildman–Crippen MR) is 104 cm³/mol. The van der Waals surface area contributed by atoms with Crippen LogP contribution >= 0.6 is 0 Å². The largest absolute Gasteiger partial charge is 0.355 e. The summed E-state index contributed by atoms with van der Waals surface area (Å²) in [7, 11) is 4.11. The van der Waals surface area contributed by atoms with Gasteiger partial charge >= 0.3 is 0 Å². The highest BCUT2D eigenvalue weighted by molar-refractivity contribution is 5.79. The van der Waals surface area contributed by atoms with E-state index in [1.165, 1.54) is 58.3 Å². The van der Waals surface area contributed by atoms with Crippen LogP contribution in [0.3, 0.4) is 0 Å². The summed E-state index contributed by atoms with van der Waals surface area (Å²) in [6.07, 6.45) is 6.55. The second kappa shape index (κ2) is 10.2. The van der Waals surface area contributed by atoms with Crippen LogP contribution in [-0.2, 0) is 0 Å². The van der Waals surface area contributed by atoms with E-state index in [0.717, 1.165) is 30.9 Å². The Hall–Kier alpha value is -0.810. The van der Waals surface area contributed by atoms with Crippen molar-refractivity contribution >= 4 is 5.96 Å². The molecule has 140 valence electrons. The fourth-order valence-electron chi connectivity index (χ4n) is 3.97. The zero-order valence-corrected chi connectivity index (χ0v) is 16.4. The summed E-state index contributed by atoms with van der Waals surface area (Å²) >= 11 is 0. The molecule has 0 aromatic heterocycles. The third kappa shape index (κ3) is 6.60. The van der Waals surface area contributed by atoms with Crippen LogP contribution in [0.2, 0.25) is 0 Å². The number of hydrogen-bond acceptors (Lipinski definition) is 3. The van der Waals surface area contributed by atoms with Gasteiger partial charge in [0, 0.05) is 39.3 Å². The standard InChI is InChI=1S/C19H39N5/c1-16(2)17-6-8-18(9-7-17)22-19(20-3)21-10-13-24-12-5-11-23(4)14-15-24/h16-18H,5-15H2,1-4H3,(H2,20,21,22). The highest BCUT2D eigenvalue weighted by Crippen LogP contribution is 2.29. The number of hydrogen-bond donors (Lipinski definition) is 2. The van der Waals surface area contributed by atoms with Gasteiger partial charge in [-0.15, -0.1) is 0 Å². The fourth-order valence-corrected chi connectivity index (χ4v) is 3.97. The molecule has 5 nitrogen and oxygen atoms in total. The molecule has 0 amide bonds. The van der Waals surface area contributed by atoms with Crippen LogP contribution in [-0.4, -0.2) is 75.2 Å². The maximum Gasteiger partial charge on any atom is 0.191 e. The Morgan fingerprint density at radius 3 is 2.50 bits per heavy atom. The van der Waals surface area contributed by atoms with Crippen LogP contribution in [0.15, 0.2) is 4.99 Å². The van der Waals surface area contributed by atoms with Gasteiger partial charge in [-0.2, -0.15) is 0 Å². The lowest BCUT2D eigenvalue weighted by molar-refractivity contribution is 0.249. The molecule has 0 bridgehead atoms. The molecule has 0 spiro atoms. The molecular formula is C19H39N5. The second-order valence-electron chi connectivity index (χ2n) is 8.00. The normalized spacial score (nSPS) is 28.0. The van der Waals surface area contributed by atoms with Crippen molar-refractivity contribution < 1.29 is 0 Å². The van der Waals surface area contributed by atoms with Crippen molar-refractivity contribution in [1.82, 2.24) is 20.4 Å². The van der Waals surface area contributed by atoms with E-state index in [1.54, 1.807) is 0 Å². The quantitative estimate of drug-likeness (QED) is 0.595. The number of likely N-dealkylation sites (N-methyl/N-ethyl adjacent to an activating group) is 1. The van der Waals surface area contributed by atoms with Crippen molar-refractivity contribution in [3.05, 3.63) is 0 Å². The lowest BCUT2D eigenvalue weighted by Crippen LogP contribution is -2.47. The molecule has 2 N–H and O–H groups in total. The lowest BCUT2D eigenvalue weighted by Gasteiger charge is -2.32. The lowest BCUT2D eigenvalue weighted by atomic mass is 9.80. The van der Waals surface area contributed by atoms with Gasteiger partial charge in [0.15, 0.2) is 5.96 Å². The molecule has 1 aliphatic heterocycles. The Morgan fingerprint density at radius 1 is 1.08 bits per heavy atom. The molecule has 2 aliphatic rings. The van der Waals surface area contributed by atoms with Gasteiger partial charge in [0.25, 0.3) is 0 Å². The van der Waals surface area contributed by atoms with E-state index in [0.29, 0.717) is 6.04 Å². The molecule has 0 aromatic carbocycles. The van der Waals surface area contributed by atoms with Crippen LogP contribution < -0.4 is 10.6 Å².